The Balaban J connectivity index is 2.06. The predicted octanol–water partition coefficient (Wildman–Crippen LogP) is 2.30. The van der Waals surface area contributed by atoms with Crippen molar-refractivity contribution < 1.29 is 19.4 Å². The summed E-state index contributed by atoms with van der Waals surface area (Å²) in [7, 11) is 1.49. The number of rotatable bonds is 6. The van der Waals surface area contributed by atoms with Gasteiger partial charge in [-0.3, -0.25) is 9.59 Å². The zero-order valence-electron chi connectivity index (χ0n) is 14.0. The van der Waals surface area contributed by atoms with Gasteiger partial charge < -0.3 is 14.7 Å². The van der Waals surface area contributed by atoms with Gasteiger partial charge in [0, 0.05) is 26.6 Å². The van der Waals surface area contributed by atoms with Gasteiger partial charge in [0.2, 0.25) is 5.91 Å². The third kappa shape index (κ3) is 3.72. The standard InChI is InChI=1S/C18H25NO4/c1-17(2,14-7-5-4-6-8-14)11-15(20)19-10-9-18(12-19,13-23-3)16(21)22/h4-8H,9-13H2,1-3H3,(H,21,22). The zero-order valence-corrected chi connectivity index (χ0v) is 14.0. The lowest BCUT2D eigenvalue weighted by atomic mass is 9.81. The molecule has 1 aliphatic heterocycles. The van der Waals surface area contributed by atoms with E-state index in [1.54, 1.807) is 4.90 Å². The molecule has 1 aromatic rings. The maximum absolute atomic E-state index is 12.6. The second-order valence-corrected chi connectivity index (χ2v) is 7.01. The van der Waals surface area contributed by atoms with Crippen LogP contribution in [0.1, 0.15) is 32.3 Å². The lowest BCUT2D eigenvalue weighted by Crippen LogP contribution is -2.41. The minimum absolute atomic E-state index is 0.00178. The van der Waals surface area contributed by atoms with Crippen LogP contribution in [0.25, 0.3) is 0 Å². The Labute approximate surface area is 137 Å². The number of methoxy groups -OCH3 is 1. The van der Waals surface area contributed by atoms with Crippen molar-refractivity contribution in [3.8, 4) is 0 Å². The van der Waals surface area contributed by atoms with Crippen molar-refractivity contribution in [1.82, 2.24) is 4.90 Å². The SMILES string of the molecule is COCC1(C(=O)O)CCN(C(=O)CC(C)(C)c2ccccc2)C1. The van der Waals surface area contributed by atoms with E-state index in [0.29, 0.717) is 19.4 Å². The molecule has 0 saturated carbocycles. The van der Waals surface area contributed by atoms with Gasteiger partial charge in [-0.25, -0.2) is 0 Å². The van der Waals surface area contributed by atoms with E-state index in [1.807, 2.05) is 44.2 Å². The van der Waals surface area contributed by atoms with Crippen molar-refractivity contribution in [3.63, 3.8) is 0 Å². The average molecular weight is 319 g/mol. The first-order chi connectivity index (χ1) is 10.8. The van der Waals surface area contributed by atoms with E-state index < -0.39 is 11.4 Å². The fourth-order valence-electron chi connectivity index (χ4n) is 3.20. The molecule has 1 heterocycles. The number of amides is 1. The van der Waals surface area contributed by atoms with Crippen LogP contribution in [0, 0.1) is 5.41 Å². The van der Waals surface area contributed by atoms with Crippen molar-refractivity contribution in [2.24, 2.45) is 5.41 Å². The fraction of sp³-hybridized carbons (Fsp3) is 0.556. The van der Waals surface area contributed by atoms with Crippen LogP contribution in [0.15, 0.2) is 30.3 Å². The van der Waals surface area contributed by atoms with Gasteiger partial charge >= 0.3 is 5.97 Å². The molecule has 1 unspecified atom stereocenters. The summed E-state index contributed by atoms with van der Waals surface area (Å²) in [5, 5.41) is 9.49. The van der Waals surface area contributed by atoms with E-state index in [9.17, 15) is 14.7 Å². The van der Waals surface area contributed by atoms with Crippen molar-refractivity contribution >= 4 is 11.9 Å². The smallest absolute Gasteiger partial charge is 0.313 e. The summed E-state index contributed by atoms with van der Waals surface area (Å²) < 4.78 is 5.07. The van der Waals surface area contributed by atoms with Crippen LogP contribution in [-0.2, 0) is 19.7 Å². The first-order valence-corrected chi connectivity index (χ1v) is 7.86. The number of ether oxygens (including phenoxy) is 1. The van der Waals surface area contributed by atoms with Gasteiger partial charge in [-0.2, -0.15) is 0 Å². The van der Waals surface area contributed by atoms with Crippen LogP contribution in [0.2, 0.25) is 0 Å². The Morgan fingerprint density at radius 3 is 2.52 bits per heavy atom. The van der Waals surface area contributed by atoms with Crippen LogP contribution in [0.3, 0.4) is 0 Å². The molecule has 1 aromatic carbocycles. The van der Waals surface area contributed by atoms with Gasteiger partial charge in [-0.05, 0) is 17.4 Å². The van der Waals surface area contributed by atoms with E-state index in [-0.39, 0.29) is 24.5 Å². The molecule has 1 N–H and O–H groups in total. The van der Waals surface area contributed by atoms with Crippen LogP contribution in [0.4, 0.5) is 0 Å². The van der Waals surface area contributed by atoms with Crippen LogP contribution >= 0.6 is 0 Å². The molecule has 2 rings (SSSR count). The van der Waals surface area contributed by atoms with E-state index in [0.717, 1.165) is 5.56 Å². The molecule has 0 aliphatic carbocycles. The third-order valence-corrected chi connectivity index (χ3v) is 4.73. The highest BCUT2D eigenvalue weighted by molar-refractivity contribution is 5.81. The number of hydrogen-bond acceptors (Lipinski definition) is 3. The molecule has 1 atom stereocenters. The Kier molecular flexibility index (Phi) is 5.09. The summed E-state index contributed by atoms with van der Waals surface area (Å²) in [6.45, 7) is 4.90. The Morgan fingerprint density at radius 1 is 1.30 bits per heavy atom. The molecule has 0 spiro atoms. The maximum Gasteiger partial charge on any atom is 0.313 e. The minimum atomic E-state index is -0.971. The number of likely N-dealkylation sites (tertiary alicyclic amines) is 1. The maximum atomic E-state index is 12.6. The number of nitrogens with zero attached hydrogens (tertiary/aromatic N) is 1. The number of carbonyl (C=O) groups is 2. The van der Waals surface area contributed by atoms with Gasteiger partial charge in [0.25, 0.3) is 0 Å². The van der Waals surface area contributed by atoms with E-state index in [1.165, 1.54) is 7.11 Å². The molecule has 1 fully saturated rings. The summed E-state index contributed by atoms with van der Waals surface area (Å²) in [5.41, 5.74) is -0.149. The highest BCUT2D eigenvalue weighted by atomic mass is 16.5. The normalized spacial score (nSPS) is 21.4. The second kappa shape index (κ2) is 6.71. The third-order valence-electron chi connectivity index (χ3n) is 4.73. The molecule has 126 valence electrons. The van der Waals surface area contributed by atoms with Crippen molar-refractivity contribution in [1.29, 1.82) is 0 Å². The predicted molar refractivity (Wildman–Crippen MR) is 87.2 cm³/mol. The summed E-state index contributed by atoms with van der Waals surface area (Å²) in [6, 6.07) is 9.91. The molecule has 0 aromatic heterocycles. The molecule has 1 saturated heterocycles. The van der Waals surface area contributed by atoms with E-state index in [2.05, 4.69) is 0 Å². The lowest BCUT2D eigenvalue weighted by Gasteiger charge is -2.28. The molecule has 23 heavy (non-hydrogen) atoms. The second-order valence-electron chi connectivity index (χ2n) is 7.01. The number of aliphatic carboxylic acids is 1. The Hall–Kier alpha value is -1.88. The first kappa shape index (κ1) is 17.5. The summed E-state index contributed by atoms with van der Waals surface area (Å²) >= 11 is 0. The highest BCUT2D eigenvalue weighted by Crippen LogP contribution is 2.34. The minimum Gasteiger partial charge on any atom is -0.481 e. The monoisotopic (exact) mass is 319 g/mol. The molecule has 5 nitrogen and oxygen atoms in total. The van der Waals surface area contributed by atoms with Crippen LogP contribution < -0.4 is 0 Å². The number of carboxylic acid groups (broad SMARTS) is 1. The summed E-state index contributed by atoms with van der Waals surface area (Å²) in [6.07, 6.45) is 0.799. The summed E-state index contributed by atoms with van der Waals surface area (Å²) in [5.74, 6) is -0.893. The average Bonchev–Trinajstić information content (AvgIpc) is 2.94. The molecule has 1 amide bonds. The number of carboxylic acids is 1. The molecule has 5 heteroatoms. The number of benzene rings is 1. The van der Waals surface area contributed by atoms with E-state index >= 15 is 0 Å². The van der Waals surface area contributed by atoms with Gasteiger partial charge in [-0.15, -0.1) is 0 Å². The molecule has 0 bridgehead atoms. The quantitative estimate of drug-likeness (QED) is 0.874. The lowest BCUT2D eigenvalue weighted by molar-refractivity contribution is -0.151. The molecule has 1 aliphatic rings. The molecule has 0 radical (unpaired) electrons. The highest BCUT2D eigenvalue weighted by Gasteiger charge is 2.46. The Bertz CT molecular complexity index is 570. The van der Waals surface area contributed by atoms with Crippen molar-refractivity contribution in [3.05, 3.63) is 35.9 Å². The molecular weight excluding hydrogens is 294 g/mol. The van der Waals surface area contributed by atoms with Crippen LogP contribution in [-0.4, -0.2) is 48.7 Å². The number of carbonyl (C=O) groups excluding carboxylic acids is 1. The van der Waals surface area contributed by atoms with E-state index in [4.69, 9.17) is 4.74 Å². The van der Waals surface area contributed by atoms with Crippen molar-refractivity contribution in [2.45, 2.75) is 32.1 Å². The van der Waals surface area contributed by atoms with Gasteiger partial charge in [0.05, 0.1) is 6.61 Å². The van der Waals surface area contributed by atoms with Crippen molar-refractivity contribution in [2.75, 3.05) is 26.8 Å². The first-order valence-electron chi connectivity index (χ1n) is 7.86. The van der Waals surface area contributed by atoms with Crippen LogP contribution in [0.5, 0.6) is 0 Å². The van der Waals surface area contributed by atoms with Gasteiger partial charge in [0.1, 0.15) is 5.41 Å². The van der Waals surface area contributed by atoms with Gasteiger partial charge in [0.15, 0.2) is 0 Å². The zero-order chi connectivity index (χ0) is 17.1. The Morgan fingerprint density at radius 2 is 1.96 bits per heavy atom. The molecular formula is C18H25NO4. The summed E-state index contributed by atoms with van der Waals surface area (Å²) in [4.78, 5) is 25.9. The largest absolute Gasteiger partial charge is 0.481 e. The van der Waals surface area contributed by atoms with Gasteiger partial charge in [-0.1, -0.05) is 44.2 Å². The topological polar surface area (TPSA) is 66.8 Å². The fourth-order valence-corrected chi connectivity index (χ4v) is 3.20. The number of hydrogen-bond donors (Lipinski definition) is 1.